The lowest BCUT2D eigenvalue weighted by Gasteiger charge is -2.28. The number of ether oxygens (including phenoxy) is 1. The molecule has 2 atom stereocenters. The Hall–Kier alpha value is -3.59. The highest BCUT2D eigenvalue weighted by Gasteiger charge is 2.27. The first-order valence-corrected chi connectivity index (χ1v) is 13.8. The number of nitrogens with zero attached hydrogens (tertiary/aromatic N) is 6. The number of hydrogen-bond donors (Lipinski definition) is 1. The zero-order valence-corrected chi connectivity index (χ0v) is 22.3. The molecule has 4 aromatic rings. The molecule has 9 heteroatoms. The van der Waals surface area contributed by atoms with Crippen LogP contribution in [0.15, 0.2) is 53.6 Å². The van der Waals surface area contributed by atoms with E-state index < -0.39 is 0 Å². The number of aryl methyl sites for hydroxylation is 1. The summed E-state index contributed by atoms with van der Waals surface area (Å²) >= 11 is 0. The lowest BCUT2D eigenvalue weighted by atomic mass is 9.94. The normalized spacial score (nSPS) is 18.3. The van der Waals surface area contributed by atoms with Crippen molar-refractivity contribution in [1.82, 2.24) is 34.7 Å². The average Bonchev–Trinajstić information content (AvgIpc) is 3.57. The van der Waals surface area contributed by atoms with E-state index in [1.165, 1.54) is 12.8 Å². The van der Waals surface area contributed by atoms with Gasteiger partial charge in [-0.25, -0.2) is 4.79 Å². The molecule has 2 unspecified atom stereocenters. The molecule has 0 saturated heterocycles. The Kier molecular flexibility index (Phi) is 8.43. The largest absolute Gasteiger partial charge is 0.379 e. The van der Waals surface area contributed by atoms with Gasteiger partial charge < -0.3 is 4.74 Å². The van der Waals surface area contributed by atoms with Gasteiger partial charge in [0.25, 0.3) is 0 Å². The Balaban J connectivity index is 1.46. The average molecular weight is 516 g/mol. The van der Waals surface area contributed by atoms with E-state index in [0.29, 0.717) is 12.4 Å². The fourth-order valence-electron chi connectivity index (χ4n) is 5.56. The van der Waals surface area contributed by atoms with Crippen LogP contribution in [0.2, 0.25) is 0 Å². The molecular weight excluding hydrogens is 478 g/mol. The van der Waals surface area contributed by atoms with Crippen molar-refractivity contribution >= 4 is 0 Å². The van der Waals surface area contributed by atoms with Crippen LogP contribution >= 0.6 is 0 Å². The minimum atomic E-state index is 0.0371. The van der Waals surface area contributed by atoms with E-state index in [1.54, 1.807) is 7.11 Å². The van der Waals surface area contributed by atoms with Gasteiger partial charge >= 0.3 is 5.69 Å². The lowest BCUT2D eigenvalue weighted by molar-refractivity contribution is 0.0381. The lowest BCUT2D eigenvalue weighted by Crippen LogP contribution is -2.35. The highest BCUT2D eigenvalue weighted by atomic mass is 16.5. The number of aromatic nitrogens is 7. The summed E-state index contributed by atoms with van der Waals surface area (Å²) in [4.78, 5) is 18.5. The van der Waals surface area contributed by atoms with Gasteiger partial charge in [-0.05, 0) is 60.2 Å². The van der Waals surface area contributed by atoms with E-state index in [4.69, 9.17) is 4.74 Å². The summed E-state index contributed by atoms with van der Waals surface area (Å²) < 4.78 is 9.78. The van der Waals surface area contributed by atoms with Crippen molar-refractivity contribution < 1.29 is 4.74 Å². The summed E-state index contributed by atoms with van der Waals surface area (Å²) in [6, 6.07) is 12.2. The molecule has 1 aromatic carbocycles. The van der Waals surface area contributed by atoms with E-state index in [9.17, 15) is 4.79 Å². The van der Waals surface area contributed by atoms with Crippen LogP contribution in [-0.2, 0) is 17.7 Å². The van der Waals surface area contributed by atoms with Gasteiger partial charge in [0.05, 0.1) is 24.4 Å². The fraction of sp³-hybridized carbons (Fsp3) is 0.483. The maximum absolute atomic E-state index is 13.9. The number of nitrogens with one attached hydrogen (secondary N) is 1. The molecule has 1 fully saturated rings. The van der Waals surface area contributed by atoms with Crippen molar-refractivity contribution in [2.24, 2.45) is 0 Å². The molecule has 0 aliphatic heterocycles. The van der Waals surface area contributed by atoms with Crippen LogP contribution < -0.4 is 5.69 Å². The summed E-state index contributed by atoms with van der Waals surface area (Å²) in [5.74, 6) is 0.554. The molecule has 38 heavy (non-hydrogen) atoms. The summed E-state index contributed by atoms with van der Waals surface area (Å²) in [5.41, 5.74) is 4.91. The number of aromatic amines is 1. The van der Waals surface area contributed by atoms with E-state index in [1.807, 2.05) is 39.6 Å². The third-order valence-corrected chi connectivity index (χ3v) is 7.64. The first kappa shape index (κ1) is 26.0. The summed E-state index contributed by atoms with van der Waals surface area (Å²) in [5, 5.41) is 14.4. The molecule has 1 N–H and O–H groups in total. The molecule has 1 aliphatic carbocycles. The molecule has 9 nitrogen and oxygen atoms in total. The van der Waals surface area contributed by atoms with Gasteiger partial charge in [-0.3, -0.25) is 14.1 Å². The third-order valence-electron chi connectivity index (χ3n) is 7.64. The molecular formula is C29H37N7O2. The number of methoxy groups -OCH3 is 1. The van der Waals surface area contributed by atoms with E-state index in [-0.39, 0.29) is 17.8 Å². The quantitative estimate of drug-likeness (QED) is 0.329. The number of rotatable bonds is 9. The second-order valence-corrected chi connectivity index (χ2v) is 10.2. The number of pyridine rings is 1. The monoisotopic (exact) mass is 515 g/mol. The highest BCUT2D eigenvalue weighted by Crippen LogP contribution is 2.29. The SMILES string of the molecule is CCCCc1cn(C2CCCCCCC2OC)c(=O)n1Cc1cc(-c2cccc(-c3nn[nH]n3)c2)ccn1. The van der Waals surface area contributed by atoms with Crippen molar-refractivity contribution in [2.75, 3.05) is 7.11 Å². The Labute approximate surface area is 223 Å². The Morgan fingerprint density at radius 3 is 2.66 bits per heavy atom. The van der Waals surface area contributed by atoms with Gasteiger partial charge in [0.2, 0.25) is 5.82 Å². The predicted molar refractivity (Wildman–Crippen MR) is 147 cm³/mol. The minimum Gasteiger partial charge on any atom is -0.379 e. The van der Waals surface area contributed by atoms with Crippen LogP contribution in [0.5, 0.6) is 0 Å². The number of H-pyrrole nitrogens is 1. The molecule has 1 saturated carbocycles. The second-order valence-electron chi connectivity index (χ2n) is 10.2. The summed E-state index contributed by atoms with van der Waals surface area (Å²) in [7, 11) is 1.78. The van der Waals surface area contributed by atoms with Crippen LogP contribution in [0.3, 0.4) is 0 Å². The third kappa shape index (κ3) is 5.78. The van der Waals surface area contributed by atoms with Gasteiger partial charge in [-0.1, -0.05) is 57.2 Å². The van der Waals surface area contributed by atoms with Gasteiger partial charge in [-0.2, -0.15) is 5.21 Å². The second kappa shape index (κ2) is 12.3. The van der Waals surface area contributed by atoms with Crippen LogP contribution in [-0.4, -0.2) is 48.0 Å². The van der Waals surface area contributed by atoms with Crippen molar-refractivity contribution in [1.29, 1.82) is 0 Å². The van der Waals surface area contributed by atoms with Gasteiger partial charge in [-0.15, -0.1) is 10.2 Å². The Bertz CT molecular complexity index is 1380. The number of imidazole rings is 1. The molecule has 3 heterocycles. The minimum absolute atomic E-state index is 0.0371. The number of benzene rings is 1. The number of unbranched alkanes of at least 4 members (excludes halogenated alkanes) is 1. The highest BCUT2D eigenvalue weighted by molar-refractivity contribution is 5.70. The summed E-state index contributed by atoms with van der Waals surface area (Å²) in [6.45, 7) is 2.62. The van der Waals surface area contributed by atoms with Crippen LogP contribution in [0.1, 0.15) is 75.7 Å². The number of tetrazole rings is 1. The molecule has 200 valence electrons. The smallest absolute Gasteiger partial charge is 0.329 e. The van der Waals surface area contributed by atoms with Crippen LogP contribution in [0, 0.1) is 0 Å². The molecule has 1 aliphatic rings. The van der Waals surface area contributed by atoms with E-state index in [2.05, 4.69) is 50.9 Å². The Morgan fingerprint density at radius 2 is 1.87 bits per heavy atom. The van der Waals surface area contributed by atoms with Crippen molar-refractivity contribution in [3.8, 4) is 22.5 Å². The van der Waals surface area contributed by atoms with Crippen LogP contribution in [0.25, 0.3) is 22.5 Å². The molecule has 0 radical (unpaired) electrons. The maximum Gasteiger partial charge on any atom is 0.329 e. The number of hydrogen-bond acceptors (Lipinski definition) is 6. The van der Waals surface area contributed by atoms with Crippen molar-refractivity contribution in [3.63, 3.8) is 0 Å². The van der Waals surface area contributed by atoms with Gasteiger partial charge in [0.1, 0.15) is 0 Å². The molecule has 0 amide bonds. The first-order chi connectivity index (χ1) is 18.7. The van der Waals surface area contributed by atoms with Crippen LogP contribution in [0.4, 0.5) is 0 Å². The Morgan fingerprint density at radius 1 is 1.05 bits per heavy atom. The molecule has 3 aromatic heterocycles. The molecule has 0 spiro atoms. The fourth-order valence-corrected chi connectivity index (χ4v) is 5.56. The molecule has 5 rings (SSSR count). The maximum atomic E-state index is 13.9. The van der Waals surface area contributed by atoms with Gasteiger partial charge in [0, 0.05) is 30.8 Å². The van der Waals surface area contributed by atoms with Crippen molar-refractivity contribution in [2.45, 2.75) is 83.4 Å². The topological polar surface area (TPSA) is 104 Å². The standard InChI is InChI=1S/C29H37N7O2/c1-3-4-12-25-20-36(26-13-7-5-6-8-14-27(26)38-2)29(37)35(25)19-24-18-22(15-16-30-24)21-10-9-11-23(17-21)28-31-33-34-32-28/h9-11,15-18,20,26-27H,3-8,12-14,19H2,1-2H3,(H,31,32,33,34). The zero-order chi connectivity index (χ0) is 26.3. The molecule has 0 bridgehead atoms. The van der Waals surface area contributed by atoms with E-state index >= 15 is 0 Å². The first-order valence-electron chi connectivity index (χ1n) is 13.8. The van der Waals surface area contributed by atoms with Gasteiger partial charge in [0.15, 0.2) is 0 Å². The summed E-state index contributed by atoms with van der Waals surface area (Å²) in [6.07, 6.45) is 13.7. The van der Waals surface area contributed by atoms with Crippen molar-refractivity contribution in [3.05, 3.63) is 70.7 Å². The van der Waals surface area contributed by atoms with E-state index in [0.717, 1.165) is 73.0 Å². The predicted octanol–water partition coefficient (Wildman–Crippen LogP) is 5.19. The zero-order valence-electron chi connectivity index (χ0n) is 22.3.